The molecule has 0 spiro atoms. The molecular weight excluding hydrogens is 250 g/mol. The van der Waals surface area contributed by atoms with Crippen LogP contribution in [0.4, 0.5) is 0 Å². The van der Waals surface area contributed by atoms with Crippen molar-refractivity contribution in [2.75, 3.05) is 6.26 Å². The number of rotatable bonds is 2. The largest absolute Gasteiger partial charge is 0.257 e. The minimum atomic E-state index is -2.35. The normalized spacial score (nSPS) is 16.6. The van der Waals surface area contributed by atoms with E-state index in [1.807, 2.05) is 30.3 Å². The van der Waals surface area contributed by atoms with Crippen molar-refractivity contribution in [1.82, 2.24) is 3.97 Å². The highest BCUT2D eigenvalue weighted by Crippen LogP contribution is 2.37. The Hall–Kier alpha value is -0.623. The first kappa shape index (κ1) is 14.4. The third-order valence-corrected chi connectivity index (χ3v) is 11.2. The lowest BCUT2D eigenvalue weighted by Crippen LogP contribution is -2.37. The second-order valence-corrected chi connectivity index (χ2v) is 13.4. The molecule has 0 bridgehead atoms. The average molecular weight is 274 g/mol. The Bertz CT molecular complexity index is 519. The SMILES string of the molecule is C[n+]1ccn(S(C)(=O)=N[Si](C)(C)C(C)(C)C)c1. The van der Waals surface area contributed by atoms with Crippen molar-refractivity contribution < 1.29 is 8.78 Å². The molecule has 1 heterocycles. The van der Waals surface area contributed by atoms with Crippen LogP contribution in [0.5, 0.6) is 0 Å². The van der Waals surface area contributed by atoms with E-state index < -0.39 is 18.2 Å². The van der Waals surface area contributed by atoms with Gasteiger partial charge in [-0.15, -0.1) is 3.97 Å². The van der Waals surface area contributed by atoms with Crippen molar-refractivity contribution in [2.24, 2.45) is 11.1 Å². The molecule has 0 N–H and O–H groups in total. The standard InChI is InChI=1S/C11H24N3OSSi/c1-11(2,3)17(6,7)12-16(5,15)14-9-8-13(4)10-14/h8-10H,1-7H3/q+1. The Kier molecular flexibility index (Phi) is 3.60. The van der Waals surface area contributed by atoms with Gasteiger partial charge < -0.3 is 0 Å². The van der Waals surface area contributed by atoms with Crippen molar-refractivity contribution in [3.63, 3.8) is 0 Å². The van der Waals surface area contributed by atoms with Crippen molar-refractivity contribution in [3.8, 4) is 0 Å². The van der Waals surface area contributed by atoms with Crippen LogP contribution in [0.15, 0.2) is 22.7 Å². The fourth-order valence-electron chi connectivity index (χ4n) is 1.24. The van der Waals surface area contributed by atoms with Crippen LogP contribution in [0.3, 0.4) is 0 Å². The molecule has 0 aliphatic carbocycles. The predicted molar refractivity (Wildman–Crippen MR) is 74.7 cm³/mol. The quantitative estimate of drug-likeness (QED) is 0.602. The topological polar surface area (TPSA) is 38.2 Å². The molecule has 1 aromatic heterocycles. The van der Waals surface area contributed by atoms with Gasteiger partial charge in [0.15, 0.2) is 18.2 Å². The van der Waals surface area contributed by atoms with E-state index >= 15 is 0 Å². The Morgan fingerprint density at radius 2 is 1.88 bits per heavy atom. The maximum absolute atomic E-state index is 12.7. The highest BCUT2D eigenvalue weighted by atomic mass is 32.2. The van der Waals surface area contributed by atoms with E-state index in [1.54, 1.807) is 10.2 Å². The van der Waals surface area contributed by atoms with Crippen LogP contribution < -0.4 is 4.57 Å². The summed E-state index contributed by atoms with van der Waals surface area (Å²) in [5, 5.41) is 0.112. The van der Waals surface area contributed by atoms with Gasteiger partial charge in [-0.3, -0.25) is 0 Å². The van der Waals surface area contributed by atoms with Gasteiger partial charge in [-0.2, -0.15) is 0 Å². The van der Waals surface area contributed by atoms with E-state index in [-0.39, 0.29) is 5.04 Å². The molecule has 4 nitrogen and oxygen atoms in total. The van der Waals surface area contributed by atoms with E-state index in [0.717, 1.165) is 0 Å². The van der Waals surface area contributed by atoms with E-state index in [0.29, 0.717) is 0 Å². The summed E-state index contributed by atoms with van der Waals surface area (Å²) in [7, 11) is -2.33. The fourth-order valence-corrected chi connectivity index (χ4v) is 6.70. The number of nitrogens with zero attached hydrogens (tertiary/aromatic N) is 3. The van der Waals surface area contributed by atoms with Crippen LogP contribution in [0, 0.1) is 0 Å². The molecule has 0 fully saturated rings. The summed E-state index contributed by atoms with van der Waals surface area (Å²) >= 11 is 0. The van der Waals surface area contributed by atoms with Crippen LogP contribution in [-0.4, -0.2) is 22.7 Å². The molecule has 0 aromatic carbocycles. The molecule has 1 rings (SSSR count). The highest BCUT2D eigenvalue weighted by molar-refractivity contribution is 7.92. The van der Waals surface area contributed by atoms with Gasteiger partial charge in [0.1, 0.15) is 12.4 Å². The Morgan fingerprint density at radius 3 is 2.24 bits per heavy atom. The van der Waals surface area contributed by atoms with Crippen LogP contribution in [0.2, 0.25) is 18.1 Å². The van der Waals surface area contributed by atoms with Crippen molar-refractivity contribution in [2.45, 2.75) is 38.9 Å². The zero-order valence-electron chi connectivity index (χ0n) is 11.9. The first-order chi connectivity index (χ1) is 7.46. The first-order valence-corrected chi connectivity index (χ1v) is 10.6. The summed E-state index contributed by atoms with van der Waals surface area (Å²) < 4.78 is 21.0. The van der Waals surface area contributed by atoms with Crippen LogP contribution in [-0.2, 0) is 17.0 Å². The van der Waals surface area contributed by atoms with Gasteiger partial charge in [-0.05, 0) is 18.1 Å². The molecule has 17 heavy (non-hydrogen) atoms. The minimum absolute atomic E-state index is 0.112. The molecule has 98 valence electrons. The lowest BCUT2D eigenvalue weighted by Gasteiger charge is -2.32. The molecule has 0 aliphatic heterocycles. The molecule has 6 heteroatoms. The predicted octanol–water partition coefficient (Wildman–Crippen LogP) is 2.18. The summed E-state index contributed by atoms with van der Waals surface area (Å²) in [6.45, 7) is 10.9. The summed E-state index contributed by atoms with van der Waals surface area (Å²) in [6, 6.07) is 0. The van der Waals surface area contributed by atoms with Crippen LogP contribution in [0.25, 0.3) is 0 Å². The van der Waals surface area contributed by atoms with E-state index in [4.69, 9.17) is 4.03 Å². The summed E-state index contributed by atoms with van der Waals surface area (Å²) in [4.78, 5) is 0. The summed E-state index contributed by atoms with van der Waals surface area (Å²) in [5.74, 6) is 0. The molecule has 1 atom stereocenters. The molecule has 1 aromatic rings. The van der Waals surface area contributed by atoms with Crippen molar-refractivity contribution in [1.29, 1.82) is 0 Å². The van der Waals surface area contributed by atoms with E-state index in [9.17, 15) is 4.21 Å². The number of imidazole rings is 1. The smallest absolute Gasteiger partial charge is 0.243 e. The Morgan fingerprint density at radius 1 is 1.35 bits per heavy atom. The molecule has 0 saturated carbocycles. The van der Waals surface area contributed by atoms with Gasteiger partial charge in [0.2, 0.25) is 0 Å². The third-order valence-electron chi connectivity index (χ3n) is 3.37. The Balaban J connectivity index is 3.28. The maximum atomic E-state index is 12.7. The second kappa shape index (κ2) is 4.24. The van der Waals surface area contributed by atoms with Crippen LogP contribution >= 0.6 is 0 Å². The van der Waals surface area contributed by atoms with Gasteiger partial charge in [-0.1, -0.05) is 20.8 Å². The van der Waals surface area contributed by atoms with Crippen molar-refractivity contribution in [3.05, 3.63) is 18.7 Å². The second-order valence-electron chi connectivity index (χ2n) is 6.10. The molecule has 0 saturated heterocycles. The zero-order valence-corrected chi connectivity index (χ0v) is 13.7. The molecule has 0 aliphatic rings. The minimum Gasteiger partial charge on any atom is -0.243 e. The number of aryl methyl sites for hydroxylation is 1. The number of hydrogen-bond donors (Lipinski definition) is 0. The maximum Gasteiger partial charge on any atom is 0.257 e. The van der Waals surface area contributed by atoms with Gasteiger partial charge in [-0.25, -0.2) is 12.8 Å². The Labute approximate surface area is 106 Å². The lowest BCUT2D eigenvalue weighted by molar-refractivity contribution is -0.670. The summed E-state index contributed by atoms with van der Waals surface area (Å²) in [5.41, 5.74) is 0. The van der Waals surface area contributed by atoms with Gasteiger partial charge in [0.05, 0.1) is 13.3 Å². The van der Waals surface area contributed by atoms with E-state index in [1.165, 1.54) is 0 Å². The zero-order chi connectivity index (χ0) is 13.5. The summed E-state index contributed by atoms with van der Waals surface area (Å²) in [6.07, 6.45) is 7.23. The van der Waals surface area contributed by atoms with Gasteiger partial charge in [0.25, 0.3) is 6.33 Å². The van der Waals surface area contributed by atoms with Crippen molar-refractivity contribution >= 4 is 18.2 Å². The number of hydrogen-bond acceptors (Lipinski definition) is 2. The fraction of sp³-hybridized carbons (Fsp3) is 0.727. The molecule has 0 radical (unpaired) electrons. The highest BCUT2D eigenvalue weighted by Gasteiger charge is 2.37. The first-order valence-electron chi connectivity index (χ1n) is 5.73. The lowest BCUT2D eigenvalue weighted by atomic mass is 10.2. The van der Waals surface area contributed by atoms with Gasteiger partial charge >= 0.3 is 0 Å². The monoisotopic (exact) mass is 274 g/mol. The number of aromatic nitrogens is 2. The third kappa shape index (κ3) is 3.19. The molecule has 1 unspecified atom stereocenters. The van der Waals surface area contributed by atoms with E-state index in [2.05, 4.69) is 33.9 Å². The average Bonchev–Trinajstić information content (AvgIpc) is 2.48. The molecule has 0 amide bonds. The molecular formula is C11H24N3OSSi+. The van der Waals surface area contributed by atoms with Gasteiger partial charge in [0, 0.05) is 0 Å². The van der Waals surface area contributed by atoms with Crippen LogP contribution in [0.1, 0.15) is 20.8 Å².